The van der Waals surface area contributed by atoms with Gasteiger partial charge in [-0.15, -0.1) is 0 Å². The molecule has 4 nitrogen and oxygen atoms in total. The Morgan fingerprint density at radius 3 is 2.08 bits per heavy atom. The van der Waals surface area contributed by atoms with Gasteiger partial charge in [0.1, 0.15) is 5.60 Å². The largest absolute Gasteiger partial charge is 0.444 e. The van der Waals surface area contributed by atoms with Gasteiger partial charge in [-0.3, -0.25) is 0 Å². The van der Waals surface area contributed by atoms with Crippen LogP contribution in [0.2, 0.25) is 0 Å². The number of amides is 1. The molecule has 2 rings (SSSR count). The van der Waals surface area contributed by atoms with Crippen LogP contribution >= 0.6 is 0 Å². The predicted octanol–water partition coefficient (Wildman–Crippen LogP) is 4.54. The van der Waals surface area contributed by atoms with E-state index in [1.54, 1.807) is 4.90 Å². The van der Waals surface area contributed by atoms with E-state index in [1.165, 1.54) is 12.1 Å². The van der Waals surface area contributed by atoms with Crippen LogP contribution in [0.1, 0.15) is 39.2 Å². The van der Waals surface area contributed by atoms with Crippen LogP contribution in [0.25, 0.3) is 0 Å². The number of rotatable bonds is 2. The topological polar surface area (TPSA) is 32.8 Å². The van der Waals surface area contributed by atoms with E-state index >= 15 is 0 Å². The van der Waals surface area contributed by atoms with Gasteiger partial charge in [0.25, 0.3) is 0 Å². The molecule has 0 aliphatic carbocycles. The van der Waals surface area contributed by atoms with Crippen molar-refractivity contribution in [2.24, 2.45) is 0 Å². The lowest BCUT2D eigenvalue weighted by Crippen LogP contribution is -2.47. The second-order valence-electron chi connectivity index (χ2n) is 7.35. The Labute approximate surface area is 146 Å². The molecule has 1 amide bonds. The van der Waals surface area contributed by atoms with Gasteiger partial charge in [-0.05, 0) is 57.9 Å². The Morgan fingerprint density at radius 1 is 1.12 bits per heavy atom. The molecule has 140 valence electrons. The summed E-state index contributed by atoms with van der Waals surface area (Å²) in [5, 5.41) is 0. The Hall–Kier alpha value is -1.92. The van der Waals surface area contributed by atoms with Crippen LogP contribution in [-0.2, 0) is 10.9 Å². The number of anilines is 1. The highest BCUT2D eigenvalue weighted by Gasteiger charge is 2.31. The van der Waals surface area contributed by atoms with E-state index in [2.05, 4.69) is 0 Å². The van der Waals surface area contributed by atoms with E-state index in [1.807, 2.05) is 32.7 Å². The van der Waals surface area contributed by atoms with Gasteiger partial charge in [-0.1, -0.05) is 0 Å². The molecule has 1 saturated heterocycles. The van der Waals surface area contributed by atoms with Gasteiger partial charge in [0.05, 0.1) is 5.56 Å². The highest BCUT2D eigenvalue weighted by Crippen LogP contribution is 2.31. The Morgan fingerprint density at radius 2 is 1.64 bits per heavy atom. The van der Waals surface area contributed by atoms with Crippen LogP contribution in [0.15, 0.2) is 24.3 Å². The highest BCUT2D eigenvalue weighted by molar-refractivity contribution is 5.68. The summed E-state index contributed by atoms with van der Waals surface area (Å²) in [5.74, 6) is 0. The summed E-state index contributed by atoms with van der Waals surface area (Å²) < 4.78 is 43.3. The number of alkyl halides is 3. The molecule has 0 bridgehead atoms. The maximum absolute atomic E-state index is 12.6. The zero-order valence-electron chi connectivity index (χ0n) is 15.1. The summed E-state index contributed by atoms with van der Waals surface area (Å²) in [7, 11) is 1.87. The first-order chi connectivity index (χ1) is 11.5. The molecule has 1 aliphatic rings. The Bertz CT molecular complexity index is 586. The lowest BCUT2D eigenvalue weighted by molar-refractivity contribution is -0.137. The quantitative estimate of drug-likeness (QED) is 0.778. The molecule has 7 heteroatoms. The first kappa shape index (κ1) is 19.4. The van der Waals surface area contributed by atoms with Crippen LogP contribution in [0.3, 0.4) is 0 Å². The fraction of sp³-hybridized carbons (Fsp3) is 0.611. The molecule has 0 unspecified atom stereocenters. The molecule has 1 fully saturated rings. The SMILES string of the molecule is CN(c1ccc(C(F)(F)F)cc1)C1CCN(C(=O)OC(C)(C)C)CC1. The number of carbonyl (C=O) groups excluding carboxylic acids is 1. The monoisotopic (exact) mass is 358 g/mol. The standard InChI is InChI=1S/C18H25F3N2O2/c1-17(2,3)25-16(24)23-11-9-15(10-12-23)22(4)14-7-5-13(6-8-14)18(19,20)21/h5-8,15H,9-12H2,1-4H3. The smallest absolute Gasteiger partial charge is 0.416 e. The summed E-state index contributed by atoms with van der Waals surface area (Å²) >= 11 is 0. The molecule has 1 aromatic carbocycles. The van der Waals surface area contributed by atoms with Crippen molar-refractivity contribution in [2.45, 2.75) is 51.4 Å². The lowest BCUT2D eigenvalue weighted by atomic mass is 10.0. The van der Waals surface area contributed by atoms with E-state index in [0.29, 0.717) is 13.1 Å². The molecule has 0 saturated carbocycles. The first-order valence-electron chi connectivity index (χ1n) is 8.35. The molecule has 0 atom stereocenters. The van der Waals surface area contributed by atoms with Gasteiger partial charge in [0.2, 0.25) is 0 Å². The third-order valence-corrected chi connectivity index (χ3v) is 4.27. The van der Waals surface area contributed by atoms with Crippen LogP contribution in [-0.4, -0.2) is 42.8 Å². The molecule has 0 spiro atoms. The molecular weight excluding hydrogens is 333 g/mol. The van der Waals surface area contributed by atoms with Gasteiger partial charge >= 0.3 is 12.3 Å². The van der Waals surface area contributed by atoms with E-state index in [0.717, 1.165) is 30.7 Å². The van der Waals surface area contributed by atoms with Crippen molar-refractivity contribution in [3.8, 4) is 0 Å². The second kappa shape index (κ2) is 7.14. The highest BCUT2D eigenvalue weighted by atomic mass is 19.4. The summed E-state index contributed by atoms with van der Waals surface area (Å²) in [5.41, 5.74) is -0.432. The van der Waals surface area contributed by atoms with E-state index in [4.69, 9.17) is 4.74 Å². The normalized spacial score (nSPS) is 16.7. The lowest BCUT2D eigenvalue weighted by Gasteiger charge is -2.38. The fourth-order valence-electron chi connectivity index (χ4n) is 2.86. The third kappa shape index (κ3) is 5.28. The van der Waals surface area contributed by atoms with Crippen molar-refractivity contribution in [1.29, 1.82) is 0 Å². The minimum atomic E-state index is -4.32. The fourth-order valence-corrected chi connectivity index (χ4v) is 2.86. The molecule has 1 aliphatic heterocycles. The summed E-state index contributed by atoms with van der Waals surface area (Å²) in [6.45, 7) is 6.64. The molecule has 0 radical (unpaired) electrons. The third-order valence-electron chi connectivity index (χ3n) is 4.27. The van der Waals surface area contributed by atoms with Crippen LogP contribution < -0.4 is 4.90 Å². The predicted molar refractivity (Wildman–Crippen MR) is 90.7 cm³/mol. The average molecular weight is 358 g/mol. The number of hydrogen-bond acceptors (Lipinski definition) is 3. The molecule has 0 N–H and O–H groups in total. The van der Waals surface area contributed by atoms with E-state index < -0.39 is 17.3 Å². The Kier molecular flexibility index (Phi) is 5.54. The van der Waals surface area contributed by atoms with Crippen LogP contribution in [0, 0.1) is 0 Å². The number of benzene rings is 1. The average Bonchev–Trinajstić information content (AvgIpc) is 2.52. The van der Waals surface area contributed by atoms with Gasteiger partial charge < -0.3 is 14.5 Å². The number of nitrogens with zero attached hydrogens (tertiary/aromatic N) is 2. The maximum atomic E-state index is 12.6. The van der Waals surface area contributed by atoms with E-state index in [-0.39, 0.29) is 12.1 Å². The molecule has 1 aromatic rings. The van der Waals surface area contributed by atoms with Crippen molar-refractivity contribution in [1.82, 2.24) is 4.90 Å². The maximum Gasteiger partial charge on any atom is 0.416 e. The molecule has 25 heavy (non-hydrogen) atoms. The van der Waals surface area contributed by atoms with Crippen LogP contribution in [0.4, 0.5) is 23.7 Å². The molecule has 1 heterocycles. The summed E-state index contributed by atoms with van der Waals surface area (Å²) in [6, 6.07) is 5.35. The molecule has 0 aromatic heterocycles. The molecular formula is C18H25F3N2O2. The zero-order chi connectivity index (χ0) is 18.8. The van der Waals surface area contributed by atoms with Crippen molar-refractivity contribution >= 4 is 11.8 Å². The van der Waals surface area contributed by atoms with Crippen molar-refractivity contribution in [3.63, 3.8) is 0 Å². The zero-order valence-corrected chi connectivity index (χ0v) is 15.1. The van der Waals surface area contributed by atoms with Gasteiger partial charge in [-0.2, -0.15) is 13.2 Å². The number of piperidine rings is 1. The van der Waals surface area contributed by atoms with Crippen molar-refractivity contribution in [3.05, 3.63) is 29.8 Å². The van der Waals surface area contributed by atoms with Crippen LogP contribution in [0.5, 0.6) is 0 Å². The van der Waals surface area contributed by atoms with E-state index in [9.17, 15) is 18.0 Å². The van der Waals surface area contributed by atoms with Gasteiger partial charge in [-0.25, -0.2) is 4.79 Å². The number of likely N-dealkylation sites (tertiary alicyclic amines) is 1. The number of hydrogen-bond donors (Lipinski definition) is 0. The van der Waals surface area contributed by atoms with Gasteiger partial charge in [0, 0.05) is 31.9 Å². The number of ether oxygens (including phenoxy) is 1. The Balaban J connectivity index is 1.93. The van der Waals surface area contributed by atoms with Crippen molar-refractivity contribution < 1.29 is 22.7 Å². The van der Waals surface area contributed by atoms with Gasteiger partial charge in [0.15, 0.2) is 0 Å². The summed E-state index contributed by atoms with van der Waals surface area (Å²) in [6.07, 6.45) is -3.15. The summed E-state index contributed by atoms with van der Waals surface area (Å²) in [4.78, 5) is 15.7. The first-order valence-corrected chi connectivity index (χ1v) is 8.35. The number of halogens is 3. The minimum Gasteiger partial charge on any atom is -0.444 e. The van der Waals surface area contributed by atoms with Crippen molar-refractivity contribution in [2.75, 3.05) is 25.0 Å². The minimum absolute atomic E-state index is 0.176. The second-order valence-corrected chi connectivity index (χ2v) is 7.35. The number of carbonyl (C=O) groups is 1.